The van der Waals surface area contributed by atoms with Crippen LogP contribution in [0.3, 0.4) is 0 Å². The van der Waals surface area contributed by atoms with Crippen LogP contribution in [0.4, 0.5) is 4.79 Å². The Balaban J connectivity index is 2.43. The quantitative estimate of drug-likeness (QED) is 0.527. The average molecular weight is 134 g/mol. The minimum atomic E-state index is -0.257. The molecule has 0 unspecified atom stereocenters. The highest BCUT2D eigenvalue weighted by atomic mass is 16.2. The summed E-state index contributed by atoms with van der Waals surface area (Å²) in [6, 6.07) is -0.257. The second kappa shape index (κ2) is 1.80. The standard InChI is InChI=1S/C7H6N2O/c10-7-8-5-3-1-2-4-6(5)9-7/h1,3-4H,2H2,(H,9,10). The summed E-state index contributed by atoms with van der Waals surface area (Å²) in [4.78, 5) is 14.4. The number of nitrogens with zero attached hydrogens (tertiary/aromatic N) is 1. The summed E-state index contributed by atoms with van der Waals surface area (Å²) in [6.07, 6.45) is 6.66. The zero-order valence-corrected chi connectivity index (χ0v) is 5.29. The minimum absolute atomic E-state index is 0.257. The largest absolute Gasteiger partial charge is 0.346 e. The van der Waals surface area contributed by atoms with Gasteiger partial charge in [-0.1, -0.05) is 12.2 Å². The van der Waals surface area contributed by atoms with Crippen molar-refractivity contribution in [2.24, 2.45) is 4.99 Å². The molecular formula is C7H6N2O. The normalized spacial score (nSPS) is 21.4. The molecule has 1 N–H and O–H groups in total. The van der Waals surface area contributed by atoms with Crippen molar-refractivity contribution in [3.63, 3.8) is 0 Å². The van der Waals surface area contributed by atoms with Gasteiger partial charge >= 0.3 is 6.03 Å². The van der Waals surface area contributed by atoms with Crippen LogP contribution in [-0.4, -0.2) is 11.7 Å². The van der Waals surface area contributed by atoms with Crippen LogP contribution in [0.25, 0.3) is 0 Å². The number of fused-ring (bicyclic) bond motifs is 1. The molecule has 0 saturated heterocycles. The third kappa shape index (κ3) is 0.673. The Hall–Kier alpha value is -1.38. The Kier molecular flexibility index (Phi) is 0.974. The molecule has 50 valence electrons. The first kappa shape index (κ1) is 5.41. The molecule has 2 amide bonds. The molecule has 0 spiro atoms. The van der Waals surface area contributed by atoms with Crippen LogP contribution in [0.15, 0.2) is 28.9 Å². The topological polar surface area (TPSA) is 41.5 Å². The van der Waals surface area contributed by atoms with Crippen molar-refractivity contribution >= 4 is 11.7 Å². The van der Waals surface area contributed by atoms with E-state index in [9.17, 15) is 4.79 Å². The lowest BCUT2D eigenvalue weighted by Crippen LogP contribution is -2.14. The van der Waals surface area contributed by atoms with E-state index < -0.39 is 0 Å². The summed E-state index contributed by atoms with van der Waals surface area (Å²) >= 11 is 0. The number of allylic oxidation sites excluding steroid dienone is 3. The first-order chi connectivity index (χ1) is 4.86. The van der Waals surface area contributed by atoms with Gasteiger partial charge in [0.1, 0.15) is 0 Å². The molecule has 1 aliphatic heterocycles. The second-order valence-electron chi connectivity index (χ2n) is 2.18. The van der Waals surface area contributed by atoms with E-state index >= 15 is 0 Å². The molecule has 2 aliphatic rings. The van der Waals surface area contributed by atoms with Gasteiger partial charge in [-0.3, -0.25) is 0 Å². The van der Waals surface area contributed by atoms with Crippen molar-refractivity contribution in [1.82, 2.24) is 5.32 Å². The molecule has 0 atom stereocenters. The highest BCUT2D eigenvalue weighted by molar-refractivity contribution is 6.18. The second-order valence-corrected chi connectivity index (χ2v) is 2.18. The van der Waals surface area contributed by atoms with Crippen molar-refractivity contribution in [2.45, 2.75) is 6.42 Å². The number of hydrogen-bond donors (Lipinski definition) is 1. The average Bonchev–Trinajstić information content (AvgIpc) is 2.27. The van der Waals surface area contributed by atoms with Crippen molar-refractivity contribution in [3.8, 4) is 0 Å². The fraction of sp³-hybridized carbons (Fsp3) is 0.143. The molecule has 3 nitrogen and oxygen atoms in total. The summed E-state index contributed by atoms with van der Waals surface area (Å²) in [5, 5.41) is 2.62. The highest BCUT2D eigenvalue weighted by Gasteiger charge is 2.17. The van der Waals surface area contributed by atoms with Crippen LogP contribution in [0.2, 0.25) is 0 Å². The number of amides is 2. The zero-order chi connectivity index (χ0) is 6.97. The van der Waals surface area contributed by atoms with Gasteiger partial charge in [-0.2, -0.15) is 4.99 Å². The minimum Gasteiger partial charge on any atom is -0.304 e. The maximum Gasteiger partial charge on any atom is 0.346 e. The first-order valence-electron chi connectivity index (χ1n) is 3.13. The summed E-state index contributed by atoms with van der Waals surface area (Å²) in [5.41, 5.74) is 1.61. The maximum absolute atomic E-state index is 10.6. The summed E-state index contributed by atoms with van der Waals surface area (Å²) in [5.74, 6) is 0. The molecule has 10 heavy (non-hydrogen) atoms. The zero-order valence-electron chi connectivity index (χ0n) is 5.29. The lowest BCUT2D eigenvalue weighted by Gasteiger charge is -2.00. The molecule has 0 bridgehead atoms. The van der Waals surface area contributed by atoms with E-state index in [1.165, 1.54) is 0 Å². The molecule has 3 heteroatoms. The van der Waals surface area contributed by atoms with Crippen molar-refractivity contribution in [1.29, 1.82) is 0 Å². The molecule has 0 saturated carbocycles. The molecule has 0 fully saturated rings. The first-order valence-corrected chi connectivity index (χ1v) is 3.13. The number of carbonyl (C=O) groups excluding carboxylic acids is 1. The van der Waals surface area contributed by atoms with E-state index in [1.54, 1.807) is 0 Å². The number of aliphatic imine (C=N–C) groups is 1. The third-order valence-electron chi connectivity index (χ3n) is 1.47. The molecule has 2 rings (SSSR count). The maximum atomic E-state index is 10.6. The predicted molar refractivity (Wildman–Crippen MR) is 37.8 cm³/mol. The summed E-state index contributed by atoms with van der Waals surface area (Å²) < 4.78 is 0. The van der Waals surface area contributed by atoms with E-state index in [4.69, 9.17) is 0 Å². The van der Waals surface area contributed by atoms with Gasteiger partial charge in [0, 0.05) is 0 Å². The molecule has 1 aliphatic carbocycles. The Morgan fingerprint density at radius 2 is 2.50 bits per heavy atom. The number of carbonyl (C=O) groups is 1. The monoisotopic (exact) mass is 134 g/mol. The Labute approximate surface area is 58.1 Å². The van der Waals surface area contributed by atoms with Crippen LogP contribution in [0.5, 0.6) is 0 Å². The number of urea groups is 1. The Morgan fingerprint density at radius 1 is 1.60 bits per heavy atom. The van der Waals surface area contributed by atoms with E-state index in [0.29, 0.717) is 0 Å². The number of hydrogen-bond acceptors (Lipinski definition) is 1. The number of rotatable bonds is 0. The molecule has 0 aromatic carbocycles. The molecule has 0 aromatic rings. The Bertz CT molecular complexity index is 273. The van der Waals surface area contributed by atoms with Crippen LogP contribution < -0.4 is 5.32 Å². The van der Waals surface area contributed by atoms with Crippen LogP contribution in [-0.2, 0) is 0 Å². The third-order valence-corrected chi connectivity index (χ3v) is 1.47. The van der Waals surface area contributed by atoms with E-state index in [2.05, 4.69) is 10.3 Å². The van der Waals surface area contributed by atoms with Crippen LogP contribution in [0, 0.1) is 0 Å². The van der Waals surface area contributed by atoms with Crippen molar-refractivity contribution in [3.05, 3.63) is 23.9 Å². The van der Waals surface area contributed by atoms with Crippen LogP contribution in [0.1, 0.15) is 6.42 Å². The van der Waals surface area contributed by atoms with E-state index in [-0.39, 0.29) is 6.03 Å². The smallest absolute Gasteiger partial charge is 0.304 e. The lowest BCUT2D eigenvalue weighted by molar-refractivity contribution is 0.253. The van der Waals surface area contributed by atoms with Crippen molar-refractivity contribution < 1.29 is 4.79 Å². The number of nitrogens with one attached hydrogen (secondary N) is 1. The lowest BCUT2D eigenvalue weighted by atomic mass is 10.1. The van der Waals surface area contributed by atoms with Gasteiger partial charge < -0.3 is 5.32 Å². The molecule has 0 aromatic heterocycles. The Morgan fingerprint density at radius 3 is 3.30 bits per heavy atom. The fourth-order valence-corrected chi connectivity index (χ4v) is 1.03. The summed E-state index contributed by atoms with van der Waals surface area (Å²) in [6.45, 7) is 0. The summed E-state index contributed by atoms with van der Waals surface area (Å²) in [7, 11) is 0. The van der Waals surface area contributed by atoms with Gasteiger partial charge in [0.15, 0.2) is 0 Å². The van der Waals surface area contributed by atoms with Crippen LogP contribution >= 0.6 is 0 Å². The predicted octanol–water partition coefficient (Wildman–Crippen LogP) is 0.994. The van der Waals surface area contributed by atoms with Gasteiger partial charge in [-0.05, 0) is 12.5 Å². The van der Waals surface area contributed by atoms with E-state index in [0.717, 1.165) is 17.8 Å². The van der Waals surface area contributed by atoms with Gasteiger partial charge in [0.05, 0.1) is 11.4 Å². The molecular weight excluding hydrogens is 128 g/mol. The van der Waals surface area contributed by atoms with Gasteiger partial charge in [0.2, 0.25) is 0 Å². The molecule has 0 radical (unpaired) electrons. The van der Waals surface area contributed by atoms with Gasteiger partial charge in [0.25, 0.3) is 0 Å². The molecule has 1 heterocycles. The van der Waals surface area contributed by atoms with Gasteiger partial charge in [-0.25, -0.2) is 4.79 Å². The highest BCUT2D eigenvalue weighted by Crippen LogP contribution is 2.11. The SMILES string of the molecule is O=C1N=C2C=CCC=C2N1. The van der Waals surface area contributed by atoms with E-state index in [1.807, 2.05) is 18.2 Å². The van der Waals surface area contributed by atoms with Crippen molar-refractivity contribution in [2.75, 3.05) is 0 Å². The van der Waals surface area contributed by atoms with Gasteiger partial charge in [-0.15, -0.1) is 0 Å². The fourth-order valence-electron chi connectivity index (χ4n) is 1.03.